The molecule has 0 atom stereocenters. The fourth-order valence-corrected chi connectivity index (χ4v) is 2.55. The van der Waals surface area contributed by atoms with Gasteiger partial charge < -0.3 is 16.4 Å². The average molecular weight is 294 g/mol. The van der Waals surface area contributed by atoms with Gasteiger partial charge in [0.05, 0.1) is 6.54 Å². The third-order valence-corrected chi connectivity index (χ3v) is 3.46. The lowest BCUT2D eigenvalue weighted by Crippen LogP contribution is -2.27. The number of anilines is 2. The van der Waals surface area contributed by atoms with E-state index in [1.807, 2.05) is 26.1 Å². The number of thiazole rings is 1. The molecule has 7 nitrogen and oxygen atoms in total. The standard InChI is InChI=1S/C12H18N6OS/c1-8(2)16-12-17-10(13)9(20-12)11(19)14-5-7-18-6-3-4-15-18/h3-4,6,8H,5,7,13H2,1-2H3,(H,14,19)(H,16,17). The van der Waals surface area contributed by atoms with Crippen molar-refractivity contribution in [2.24, 2.45) is 0 Å². The van der Waals surface area contributed by atoms with Gasteiger partial charge in [0.2, 0.25) is 0 Å². The zero-order valence-corrected chi connectivity index (χ0v) is 12.3. The van der Waals surface area contributed by atoms with Gasteiger partial charge >= 0.3 is 0 Å². The minimum atomic E-state index is -0.205. The predicted octanol–water partition coefficient (Wildman–Crippen LogP) is 1.17. The van der Waals surface area contributed by atoms with Crippen molar-refractivity contribution < 1.29 is 4.79 Å². The summed E-state index contributed by atoms with van der Waals surface area (Å²) in [4.78, 5) is 16.6. The number of nitrogens with two attached hydrogens (primary N) is 1. The summed E-state index contributed by atoms with van der Waals surface area (Å²) in [6.45, 7) is 5.11. The summed E-state index contributed by atoms with van der Waals surface area (Å²) in [5.41, 5.74) is 5.77. The number of aromatic nitrogens is 3. The zero-order valence-electron chi connectivity index (χ0n) is 11.5. The molecule has 0 fully saturated rings. The second-order valence-electron chi connectivity index (χ2n) is 4.56. The van der Waals surface area contributed by atoms with Crippen LogP contribution in [-0.4, -0.2) is 33.3 Å². The second kappa shape index (κ2) is 6.38. The average Bonchev–Trinajstić information content (AvgIpc) is 2.98. The maximum atomic E-state index is 12.0. The summed E-state index contributed by atoms with van der Waals surface area (Å²) >= 11 is 1.26. The van der Waals surface area contributed by atoms with E-state index in [4.69, 9.17) is 5.73 Å². The zero-order chi connectivity index (χ0) is 14.5. The highest BCUT2D eigenvalue weighted by Gasteiger charge is 2.16. The van der Waals surface area contributed by atoms with E-state index in [0.717, 1.165) is 0 Å². The number of rotatable bonds is 6. The van der Waals surface area contributed by atoms with Crippen molar-refractivity contribution in [1.29, 1.82) is 0 Å². The summed E-state index contributed by atoms with van der Waals surface area (Å²) in [6, 6.07) is 2.09. The number of amides is 1. The molecule has 0 saturated carbocycles. The van der Waals surface area contributed by atoms with Crippen molar-refractivity contribution in [3.63, 3.8) is 0 Å². The van der Waals surface area contributed by atoms with Crippen LogP contribution in [0.4, 0.5) is 10.9 Å². The Balaban J connectivity index is 1.90. The quantitative estimate of drug-likeness (QED) is 0.743. The number of nitrogen functional groups attached to an aromatic ring is 1. The molecule has 2 aromatic rings. The maximum absolute atomic E-state index is 12.0. The molecule has 0 bridgehead atoms. The van der Waals surface area contributed by atoms with Gasteiger partial charge in [-0.05, 0) is 19.9 Å². The molecule has 4 N–H and O–H groups in total. The van der Waals surface area contributed by atoms with Gasteiger partial charge in [-0.25, -0.2) is 4.98 Å². The van der Waals surface area contributed by atoms with Gasteiger partial charge in [0.15, 0.2) is 5.13 Å². The van der Waals surface area contributed by atoms with E-state index < -0.39 is 0 Å². The lowest BCUT2D eigenvalue weighted by atomic mass is 10.4. The monoisotopic (exact) mass is 294 g/mol. The van der Waals surface area contributed by atoms with Gasteiger partial charge in [-0.3, -0.25) is 9.48 Å². The van der Waals surface area contributed by atoms with Crippen molar-refractivity contribution in [3.8, 4) is 0 Å². The summed E-state index contributed by atoms with van der Waals surface area (Å²) < 4.78 is 1.75. The highest BCUT2D eigenvalue weighted by atomic mass is 32.1. The minimum Gasteiger partial charge on any atom is -0.382 e. The molecule has 0 aliphatic rings. The Kier molecular flexibility index (Phi) is 4.57. The molecule has 0 unspecified atom stereocenters. The van der Waals surface area contributed by atoms with E-state index >= 15 is 0 Å². The molecule has 0 aromatic carbocycles. The van der Waals surface area contributed by atoms with E-state index in [1.165, 1.54) is 11.3 Å². The summed E-state index contributed by atoms with van der Waals surface area (Å²) in [7, 11) is 0. The molecule has 0 spiro atoms. The molecule has 8 heteroatoms. The molecule has 2 heterocycles. The number of carbonyl (C=O) groups is 1. The van der Waals surface area contributed by atoms with Crippen molar-refractivity contribution in [1.82, 2.24) is 20.1 Å². The Bertz CT molecular complexity index is 563. The normalized spacial score (nSPS) is 10.8. The third kappa shape index (κ3) is 3.70. The lowest BCUT2D eigenvalue weighted by molar-refractivity contribution is 0.0956. The van der Waals surface area contributed by atoms with Crippen LogP contribution in [0, 0.1) is 0 Å². The van der Waals surface area contributed by atoms with Crippen molar-refractivity contribution >= 4 is 28.2 Å². The lowest BCUT2D eigenvalue weighted by Gasteiger charge is -2.04. The van der Waals surface area contributed by atoms with Crippen molar-refractivity contribution in [2.45, 2.75) is 26.4 Å². The summed E-state index contributed by atoms with van der Waals surface area (Å²) in [5.74, 6) is 0.0544. The third-order valence-electron chi connectivity index (χ3n) is 2.46. The summed E-state index contributed by atoms with van der Waals surface area (Å²) in [5, 5.41) is 10.7. The Morgan fingerprint density at radius 1 is 1.55 bits per heavy atom. The maximum Gasteiger partial charge on any atom is 0.265 e. The van der Waals surface area contributed by atoms with Crippen LogP contribution in [0.2, 0.25) is 0 Å². The SMILES string of the molecule is CC(C)Nc1nc(N)c(C(=O)NCCn2cccn2)s1. The van der Waals surface area contributed by atoms with Gasteiger partial charge in [0, 0.05) is 25.0 Å². The molecular weight excluding hydrogens is 276 g/mol. The first-order valence-corrected chi connectivity index (χ1v) is 7.16. The first kappa shape index (κ1) is 14.3. The van der Waals surface area contributed by atoms with Crippen LogP contribution in [0.25, 0.3) is 0 Å². The van der Waals surface area contributed by atoms with E-state index in [2.05, 4.69) is 20.7 Å². The molecule has 0 aliphatic heterocycles. The largest absolute Gasteiger partial charge is 0.382 e. The van der Waals surface area contributed by atoms with Crippen molar-refractivity contribution in [2.75, 3.05) is 17.6 Å². The van der Waals surface area contributed by atoms with Crippen LogP contribution in [0.15, 0.2) is 18.5 Å². The van der Waals surface area contributed by atoms with E-state index in [-0.39, 0.29) is 17.8 Å². The molecule has 0 aliphatic carbocycles. The molecule has 0 saturated heterocycles. The fraction of sp³-hybridized carbons (Fsp3) is 0.417. The highest BCUT2D eigenvalue weighted by Crippen LogP contribution is 2.25. The highest BCUT2D eigenvalue weighted by molar-refractivity contribution is 7.18. The number of hydrogen-bond donors (Lipinski definition) is 3. The molecule has 2 rings (SSSR count). The van der Waals surface area contributed by atoms with Gasteiger partial charge in [-0.15, -0.1) is 0 Å². The van der Waals surface area contributed by atoms with Gasteiger partial charge in [-0.2, -0.15) is 5.10 Å². The Labute approximate surface area is 121 Å². The second-order valence-corrected chi connectivity index (χ2v) is 5.56. The minimum absolute atomic E-state index is 0.205. The number of nitrogens with zero attached hydrogens (tertiary/aromatic N) is 3. The van der Waals surface area contributed by atoms with Crippen LogP contribution >= 0.6 is 11.3 Å². The summed E-state index contributed by atoms with van der Waals surface area (Å²) in [6.07, 6.45) is 3.55. The van der Waals surface area contributed by atoms with E-state index in [1.54, 1.807) is 10.9 Å². The van der Waals surface area contributed by atoms with Crippen LogP contribution < -0.4 is 16.4 Å². The number of hydrogen-bond acceptors (Lipinski definition) is 6. The van der Waals surface area contributed by atoms with Crippen LogP contribution in [-0.2, 0) is 6.54 Å². The number of nitrogens with one attached hydrogen (secondary N) is 2. The molecule has 20 heavy (non-hydrogen) atoms. The molecule has 1 amide bonds. The van der Waals surface area contributed by atoms with Gasteiger partial charge in [0.25, 0.3) is 5.91 Å². The first-order chi connectivity index (χ1) is 9.56. The fourth-order valence-electron chi connectivity index (χ4n) is 1.60. The molecule has 108 valence electrons. The Morgan fingerprint density at radius 3 is 3.00 bits per heavy atom. The smallest absolute Gasteiger partial charge is 0.265 e. The molecule has 2 aromatic heterocycles. The van der Waals surface area contributed by atoms with Crippen LogP contribution in [0.3, 0.4) is 0 Å². The Morgan fingerprint density at radius 2 is 2.35 bits per heavy atom. The van der Waals surface area contributed by atoms with E-state index in [9.17, 15) is 4.79 Å². The van der Waals surface area contributed by atoms with Gasteiger partial charge in [0.1, 0.15) is 10.7 Å². The molecule has 0 radical (unpaired) electrons. The Hall–Kier alpha value is -2.09. The predicted molar refractivity (Wildman–Crippen MR) is 79.8 cm³/mol. The topological polar surface area (TPSA) is 97.9 Å². The van der Waals surface area contributed by atoms with Crippen molar-refractivity contribution in [3.05, 3.63) is 23.3 Å². The van der Waals surface area contributed by atoms with Gasteiger partial charge in [-0.1, -0.05) is 11.3 Å². The number of carbonyl (C=O) groups excluding carboxylic acids is 1. The first-order valence-electron chi connectivity index (χ1n) is 6.34. The van der Waals surface area contributed by atoms with Crippen LogP contribution in [0.5, 0.6) is 0 Å². The molecular formula is C12H18N6OS. The van der Waals surface area contributed by atoms with Crippen LogP contribution in [0.1, 0.15) is 23.5 Å². The van der Waals surface area contributed by atoms with E-state index in [0.29, 0.717) is 23.1 Å².